The Kier molecular flexibility index (Phi) is 9.92. The molecule has 5 N–H and O–H groups in total. The van der Waals surface area contributed by atoms with E-state index in [2.05, 4.69) is 6.58 Å². The van der Waals surface area contributed by atoms with Crippen molar-refractivity contribution in [3.63, 3.8) is 0 Å². The van der Waals surface area contributed by atoms with Crippen molar-refractivity contribution >= 4 is 18.0 Å². The Balaban J connectivity index is 1.79. The molecular weight excluding hydrogens is 490 g/mol. The van der Waals surface area contributed by atoms with E-state index in [9.17, 15) is 35.1 Å². The summed E-state index contributed by atoms with van der Waals surface area (Å²) in [5.41, 5.74) is 0.538. The number of pyridine rings is 1. The third-order valence-electron chi connectivity index (χ3n) is 6.23. The molecule has 1 aromatic heterocycles. The van der Waals surface area contributed by atoms with Crippen LogP contribution in [0, 0.1) is 11.8 Å². The summed E-state index contributed by atoms with van der Waals surface area (Å²) in [4.78, 5) is 22.5. The van der Waals surface area contributed by atoms with Gasteiger partial charge in [-0.25, -0.2) is 4.57 Å². The summed E-state index contributed by atoms with van der Waals surface area (Å²) >= 11 is 0. The quantitative estimate of drug-likeness (QED) is 0.161. The van der Waals surface area contributed by atoms with Crippen LogP contribution >= 0.6 is 0 Å². The molecule has 0 spiro atoms. The highest BCUT2D eigenvalue weighted by Crippen LogP contribution is 2.35. The topological polar surface area (TPSA) is 190 Å². The monoisotopic (exact) mass is 521 g/mol. The SMILES string of the molecule is C=C[C@H]1[C@H](O[C@@H]2O[C@H](CO)[C@@H](O)[C@H](O)[C@H]2O)OC=C(C(=O)[O-])[C@H]1/C=C/c1ccc[n+](CCCC(=O)O)c1. The fourth-order valence-corrected chi connectivity index (χ4v) is 4.20. The number of carboxylic acid groups (broad SMARTS) is 2. The Labute approximate surface area is 213 Å². The second-order valence-corrected chi connectivity index (χ2v) is 8.77. The van der Waals surface area contributed by atoms with Gasteiger partial charge in [0.05, 0.1) is 25.3 Å². The van der Waals surface area contributed by atoms with E-state index in [0.29, 0.717) is 13.0 Å². The minimum atomic E-state index is -1.67. The standard InChI is InChI=1S/C25H31NO11/c1-2-15-16(8-7-14-5-3-9-26(11-14)10-4-6-19(28)29)17(23(33)34)13-35-24(15)37-25-22(32)21(31)20(30)18(12-27)36-25/h2-3,5,7-9,11,13,15-16,18,20-22,24-25,27,30-32H,1,4,6,10,12H2,(H-,28,29,33,34)/b8-7+/t15-,16+,18-,20-,21+,22-,24+,25+/m1/s1. The van der Waals surface area contributed by atoms with Crippen LogP contribution < -0.4 is 9.67 Å². The Hall–Kier alpha value is -3.13. The first-order valence-corrected chi connectivity index (χ1v) is 11.7. The van der Waals surface area contributed by atoms with Gasteiger partial charge in [0.15, 0.2) is 18.7 Å². The van der Waals surface area contributed by atoms with Crippen molar-refractivity contribution in [2.45, 2.75) is 56.4 Å². The fraction of sp³-hybridized carbons (Fsp3) is 0.480. The third kappa shape index (κ3) is 7.01. The van der Waals surface area contributed by atoms with Gasteiger partial charge in [-0.3, -0.25) is 4.79 Å². The first kappa shape index (κ1) is 28.4. The highest BCUT2D eigenvalue weighted by atomic mass is 16.8. The lowest BCUT2D eigenvalue weighted by Crippen LogP contribution is -2.60. The summed E-state index contributed by atoms with van der Waals surface area (Å²) in [7, 11) is 0. The summed E-state index contributed by atoms with van der Waals surface area (Å²) in [5.74, 6) is -3.97. The maximum atomic E-state index is 11.8. The number of ether oxygens (including phenoxy) is 3. The third-order valence-corrected chi connectivity index (χ3v) is 6.23. The number of aromatic nitrogens is 1. The fourth-order valence-electron chi connectivity index (χ4n) is 4.20. The van der Waals surface area contributed by atoms with Crippen LogP contribution in [0.3, 0.4) is 0 Å². The number of rotatable bonds is 11. The molecule has 12 nitrogen and oxygen atoms in total. The smallest absolute Gasteiger partial charge is 0.303 e. The van der Waals surface area contributed by atoms with Crippen LogP contribution in [0.25, 0.3) is 6.08 Å². The van der Waals surface area contributed by atoms with E-state index in [1.165, 1.54) is 6.08 Å². The van der Waals surface area contributed by atoms with Crippen LogP contribution in [0.4, 0.5) is 0 Å². The maximum Gasteiger partial charge on any atom is 0.303 e. The minimum Gasteiger partial charge on any atom is -0.545 e. The van der Waals surface area contributed by atoms with Crippen molar-refractivity contribution < 1.29 is 59.0 Å². The molecule has 2 aliphatic heterocycles. The van der Waals surface area contributed by atoms with Gasteiger partial charge in [0.25, 0.3) is 0 Å². The van der Waals surface area contributed by atoms with Crippen LogP contribution in [0.5, 0.6) is 0 Å². The van der Waals surface area contributed by atoms with Crippen molar-refractivity contribution in [2.24, 2.45) is 11.8 Å². The molecule has 0 saturated carbocycles. The second kappa shape index (κ2) is 12.9. The van der Waals surface area contributed by atoms with E-state index in [-0.39, 0.29) is 12.0 Å². The molecule has 202 valence electrons. The van der Waals surface area contributed by atoms with Gasteiger partial charge in [-0.15, -0.1) is 6.58 Å². The Morgan fingerprint density at radius 1 is 1.19 bits per heavy atom. The van der Waals surface area contributed by atoms with Gasteiger partial charge in [-0.05, 0) is 6.07 Å². The number of allylic oxidation sites excluding steroid dienone is 1. The van der Waals surface area contributed by atoms with Crippen LogP contribution in [0.15, 0.2) is 55.1 Å². The van der Waals surface area contributed by atoms with E-state index >= 15 is 0 Å². The van der Waals surface area contributed by atoms with Crippen LogP contribution in [-0.2, 0) is 30.3 Å². The van der Waals surface area contributed by atoms with E-state index in [4.69, 9.17) is 19.3 Å². The molecule has 0 aromatic carbocycles. The van der Waals surface area contributed by atoms with Gasteiger partial charge in [0.1, 0.15) is 31.0 Å². The summed E-state index contributed by atoms with van der Waals surface area (Å²) in [6, 6.07) is 3.56. The highest BCUT2D eigenvalue weighted by molar-refractivity contribution is 5.86. The van der Waals surface area contributed by atoms with Crippen LogP contribution in [0.2, 0.25) is 0 Å². The molecule has 0 amide bonds. The molecule has 1 aromatic rings. The van der Waals surface area contributed by atoms with Crippen molar-refractivity contribution in [3.05, 3.63) is 60.7 Å². The molecule has 3 heterocycles. The number of aliphatic hydroxyl groups is 4. The Bertz CT molecular complexity index is 1020. The van der Waals surface area contributed by atoms with Gasteiger partial charge in [-0.2, -0.15) is 0 Å². The molecule has 0 radical (unpaired) electrons. The molecule has 1 saturated heterocycles. The molecular formula is C25H31NO11. The average molecular weight is 522 g/mol. The largest absolute Gasteiger partial charge is 0.545 e. The average Bonchev–Trinajstić information content (AvgIpc) is 2.87. The van der Waals surface area contributed by atoms with Crippen LogP contribution in [-0.4, -0.2) is 81.1 Å². The second-order valence-electron chi connectivity index (χ2n) is 8.77. The Morgan fingerprint density at radius 3 is 2.59 bits per heavy atom. The molecule has 8 atom stereocenters. The molecule has 1 fully saturated rings. The van der Waals surface area contributed by atoms with Gasteiger partial charge in [0, 0.05) is 35.5 Å². The van der Waals surface area contributed by atoms with E-state index in [0.717, 1.165) is 11.8 Å². The number of hydrogen-bond donors (Lipinski definition) is 5. The molecule has 0 unspecified atom stereocenters. The van der Waals surface area contributed by atoms with E-state index < -0.39 is 67.4 Å². The number of aliphatic hydroxyl groups excluding tert-OH is 4. The molecule has 0 bridgehead atoms. The summed E-state index contributed by atoms with van der Waals surface area (Å²) in [6.07, 6.45) is 0.928. The molecule has 3 rings (SSSR count). The first-order valence-electron chi connectivity index (χ1n) is 11.7. The maximum absolute atomic E-state index is 11.8. The van der Waals surface area contributed by atoms with E-state index in [1.54, 1.807) is 36.7 Å². The molecule has 37 heavy (non-hydrogen) atoms. The van der Waals surface area contributed by atoms with Gasteiger partial charge >= 0.3 is 5.97 Å². The number of nitrogens with zero attached hydrogens (tertiary/aromatic N) is 1. The van der Waals surface area contributed by atoms with Crippen molar-refractivity contribution in [1.82, 2.24) is 0 Å². The number of carbonyl (C=O) groups excluding carboxylic acids is 1. The lowest BCUT2D eigenvalue weighted by atomic mass is 9.83. The molecule has 0 aliphatic carbocycles. The van der Waals surface area contributed by atoms with Crippen molar-refractivity contribution in [1.29, 1.82) is 0 Å². The van der Waals surface area contributed by atoms with Gasteiger partial charge in [-0.1, -0.05) is 18.2 Å². The van der Waals surface area contributed by atoms with E-state index in [1.807, 2.05) is 4.57 Å². The zero-order valence-corrected chi connectivity index (χ0v) is 19.9. The predicted octanol–water partition coefficient (Wildman–Crippen LogP) is -1.92. The lowest BCUT2D eigenvalue weighted by molar-refractivity contribution is -0.697. The predicted molar refractivity (Wildman–Crippen MR) is 123 cm³/mol. The van der Waals surface area contributed by atoms with Gasteiger partial charge < -0.3 is 49.6 Å². The zero-order chi connectivity index (χ0) is 27.1. The number of aryl methyl sites for hydroxylation is 1. The number of carboxylic acids is 2. The van der Waals surface area contributed by atoms with Crippen molar-refractivity contribution in [3.8, 4) is 0 Å². The summed E-state index contributed by atoms with van der Waals surface area (Å²) < 4.78 is 18.3. The molecule has 12 heteroatoms. The van der Waals surface area contributed by atoms with Crippen LogP contribution in [0.1, 0.15) is 18.4 Å². The minimum absolute atomic E-state index is 0.0335. The number of hydrogen-bond acceptors (Lipinski definition) is 10. The zero-order valence-electron chi connectivity index (χ0n) is 19.9. The number of carbonyl (C=O) groups is 2. The number of aliphatic carboxylic acids is 2. The first-order chi connectivity index (χ1) is 17.7. The molecule has 2 aliphatic rings. The summed E-state index contributed by atoms with van der Waals surface area (Å²) in [6.45, 7) is 3.59. The normalized spacial score (nSPS) is 31.9. The van der Waals surface area contributed by atoms with Gasteiger partial charge in [0.2, 0.25) is 6.29 Å². The lowest BCUT2D eigenvalue weighted by Gasteiger charge is -2.43. The van der Waals surface area contributed by atoms with Crippen molar-refractivity contribution in [2.75, 3.05) is 6.61 Å². The Morgan fingerprint density at radius 2 is 1.95 bits per heavy atom. The highest BCUT2D eigenvalue weighted by Gasteiger charge is 2.46. The summed E-state index contributed by atoms with van der Waals surface area (Å²) in [5, 5.41) is 60.3.